The van der Waals surface area contributed by atoms with E-state index in [-0.39, 0.29) is 40.6 Å². The quantitative estimate of drug-likeness (QED) is 0.221. The SMILES string of the molecule is COc1cc2c(cc1OCc1cccc(C(F)(F)F)c1)cc(C(=O)O)n2Cc1cc(C(F)(F)F)cc(C(F)(F)F)c1. The molecule has 0 saturated heterocycles. The summed E-state index contributed by atoms with van der Waals surface area (Å²) in [7, 11) is 1.21. The summed E-state index contributed by atoms with van der Waals surface area (Å²) in [6, 6.07) is 9.01. The number of nitrogens with zero attached hydrogens (tertiary/aromatic N) is 1. The zero-order valence-electron chi connectivity index (χ0n) is 20.7. The van der Waals surface area contributed by atoms with Gasteiger partial charge in [0.25, 0.3) is 0 Å². The lowest BCUT2D eigenvalue weighted by atomic mass is 10.0. The van der Waals surface area contributed by atoms with Gasteiger partial charge in [0.05, 0.1) is 29.3 Å². The maximum atomic E-state index is 13.3. The molecule has 0 bridgehead atoms. The number of ether oxygens (including phenoxy) is 2. The summed E-state index contributed by atoms with van der Waals surface area (Å²) in [6.07, 6.45) is -14.8. The van der Waals surface area contributed by atoms with Crippen LogP contribution in [0.25, 0.3) is 10.9 Å². The zero-order valence-corrected chi connectivity index (χ0v) is 20.7. The number of aromatic carboxylic acids is 1. The van der Waals surface area contributed by atoms with Crippen molar-refractivity contribution in [1.82, 2.24) is 4.57 Å². The van der Waals surface area contributed by atoms with Gasteiger partial charge in [0, 0.05) is 18.0 Å². The van der Waals surface area contributed by atoms with Crippen LogP contribution in [0.5, 0.6) is 11.5 Å². The van der Waals surface area contributed by atoms with Crippen LogP contribution in [0.3, 0.4) is 0 Å². The van der Waals surface area contributed by atoms with Crippen LogP contribution in [0.15, 0.2) is 60.7 Å². The molecule has 41 heavy (non-hydrogen) atoms. The van der Waals surface area contributed by atoms with E-state index in [0.717, 1.165) is 22.8 Å². The number of hydrogen-bond acceptors (Lipinski definition) is 3. The average molecular weight is 591 g/mol. The van der Waals surface area contributed by atoms with E-state index in [0.29, 0.717) is 12.1 Å². The Bertz CT molecular complexity index is 1570. The van der Waals surface area contributed by atoms with Crippen molar-refractivity contribution in [2.45, 2.75) is 31.7 Å². The third-order valence-electron chi connectivity index (χ3n) is 6.04. The summed E-state index contributed by atoms with van der Waals surface area (Å²) in [4.78, 5) is 12.0. The van der Waals surface area contributed by atoms with Gasteiger partial charge in [-0.25, -0.2) is 4.79 Å². The van der Waals surface area contributed by atoms with Crippen LogP contribution in [0.4, 0.5) is 39.5 Å². The molecule has 0 saturated carbocycles. The Balaban J connectivity index is 1.75. The van der Waals surface area contributed by atoms with Crippen LogP contribution in [-0.2, 0) is 31.7 Å². The first kappa shape index (κ1) is 29.6. The fourth-order valence-electron chi connectivity index (χ4n) is 4.18. The number of methoxy groups -OCH3 is 1. The largest absolute Gasteiger partial charge is 0.493 e. The van der Waals surface area contributed by atoms with Gasteiger partial charge < -0.3 is 19.1 Å². The summed E-state index contributed by atoms with van der Waals surface area (Å²) in [6.45, 7) is -1.01. The normalized spacial score (nSPS) is 12.5. The monoisotopic (exact) mass is 591 g/mol. The van der Waals surface area contributed by atoms with Crippen molar-refractivity contribution in [3.05, 3.63) is 94.2 Å². The first-order valence-electron chi connectivity index (χ1n) is 11.5. The Morgan fingerprint density at radius 1 is 0.756 bits per heavy atom. The molecule has 4 rings (SSSR count). The Morgan fingerprint density at radius 3 is 1.88 bits per heavy atom. The molecule has 0 aliphatic carbocycles. The predicted octanol–water partition coefficient (Wildman–Crippen LogP) is 8.03. The second kappa shape index (κ2) is 10.6. The summed E-state index contributed by atoms with van der Waals surface area (Å²) in [5.74, 6) is -1.53. The highest BCUT2D eigenvalue weighted by Gasteiger charge is 2.37. The standard InChI is InChI=1S/C27H18F9NO4/c1-40-22-11-20-16(9-23(22)41-13-14-3-2-4-17(5-14)25(28,29)30)8-21(24(38)39)37(20)12-15-6-18(26(31,32)33)10-19(7-15)27(34,35)36/h2-11H,12-13H2,1H3,(H,38,39). The molecule has 0 spiro atoms. The molecule has 5 nitrogen and oxygen atoms in total. The maximum absolute atomic E-state index is 13.3. The number of alkyl halides is 9. The predicted molar refractivity (Wildman–Crippen MR) is 127 cm³/mol. The third-order valence-corrected chi connectivity index (χ3v) is 6.04. The van der Waals surface area contributed by atoms with Crippen LogP contribution in [0, 0.1) is 0 Å². The van der Waals surface area contributed by atoms with Crippen molar-refractivity contribution in [3.63, 3.8) is 0 Å². The Labute approximate surface area is 225 Å². The third kappa shape index (κ3) is 6.52. The lowest BCUT2D eigenvalue weighted by Gasteiger charge is -2.16. The van der Waals surface area contributed by atoms with E-state index in [1.807, 2.05) is 0 Å². The van der Waals surface area contributed by atoms with Crippen molar-refractivity contribution in [2.75, 3.05) is 7.11 Å². The first-order valence-corrected chi connectivity index (χ1v) is 11.5. The van der Waals surface area contributed by atoms with Gasteiger partial charge in [-0.3, -0.25) is 0 Å². The maximum Gasteiger partial charge on any atom is 0.416 e. The van der Waals surface area contributed by atoms with Gasteiger partial charge in [0.1, 0.15) is 12.3 Å². The number of benzene rings is 3. The zero-order chi connectivity index (χ0) is 30.3. The number of hydrogen-bond donors (Lipinski definition) is 1. The van der Waals surface area contributed by atoms with Gasteiger partial charge in [-0.15, -0.1) is 0 Å². The molecule has 0 unspecified atom stereocenters. The summed E-state index contributed by atoms with van der Waals surface area (Å²) in [5.41, 5.74) is -4.68. The van der Waals surface area contributed by atoms with E-state index in [1.54, 1.807) is 0 Å². The van der Waals surface area contributed by atoms with Crippen molar-refractivity contribution in [3.8, 4) is 11.5 Å². The van der Waals surface area contributed by atoms with Crippen LogP contribution in [-0.4, -0.2) is 22.8 Å². The van der Waals surface area contributed by atoms with Crippen LogP contribution < -0.4 is 9.47 Å². The smallest absolute Gasteiger partial charge is 0.416 e. The van der Waals surface area contributed by atoms with Gasteiger partial charge in [0.2, 0.25) is 0 Å². The molecular formula is C27H18F9NO4. The van der Waals surface area contributed by atoms with E-state index in [9.17, 15) is 49.4 Å². The van der Waals surface area contributed by atoms with Crippen LogP contribution >= 0.6 is 0 Å². The molecule has 0 aliphatic heterocycles. The van der Waals surface area contributed by atoms with Gasteiger partial charge in [-0.2, -0.15) is 39.5 Å². The molecule has 0 atom stereocenters. The average Bonchev–Trinajstić information content (AvgIpc) is 3.22. The fraction of sp³-hybridized carbons (Fsp3) is 0.222. The van der Waals surface area contributed by atoms with Gasteiger partial charge >= 0.3 is 24.5 Å². The number of carboxylic acid groups (broad SMARTS) is 1. The van der Waals surface area contributed by atoms with Gasteiger partial charge in [-0.1, -0.05) is 12.1 Å². The molecular weight excluding hydrogens is 573 g/mol. The highest BCUT2D eigenvalue weighted by atomic mass is 19.4. The Hall–Kier alpha value is -4.36. The van der Waals surface area contributed by atoms with E-state index in [2.05, 4.69) is 0 Å². The lowest BCUT2D eigenvalue weighted by molar-refractivity contribution is -0.143. The van der Waals surface area contributed by atoms with Crippen molar-refractivity contribution < 1.29 is 58.9 Å². The van der Waals surface area contributed by atoms with E-state index >= 15 is 0 Å². The lowest BCUT2D eigenvalue weighted by Crippen LogP contribution is -2.14. The van der Waals surface area contributed by atoms with Crippen LogP contribution in [0.1, 0.15) is 38.3 Å². The van der Waals surface area contributed by atoms with E-state index < -0.39 is 59.0 Å². The van der Waals surface area contributed by atoms with Gasteiger partial charge in [0.15, 0.2) is 11.5 Å². The molecule has 4 aromatic rings. The van der Waals surface area contributed by atoms with E-state index in [1.165, 1.54) is 31.4 Å². The molecule has 0 aliphatic rings. The van der Waals surface area contributed by atoms with Crippen molar-refractivity contribution >= 4 is 16.9 Å². The molecule has 1 aromatic heterocycles. The Morgan fingerprint density at radius 2 is 1.34 bits per heavy atom. The van der Waals surface area contributed by atoms with Crippen LogP contribution in [0.2, 0.25) is 0 Å². The van der Waals surface area contributed by atoms with Gasteiger partial charge in [-0.05, 0) is 53.6 Å². The number of fused-ring (bicyclic) bond motifs is 1. The number of halogens is 9. The highest BCUT2D eigenvalue weighted by Crippen LogP contribution is 2.38. The molecule has 218 valence electrons. The second-order valence-corrected chi connectivity index (χ2v) is 8.88. The summed E-state index contributed by atoms with van der Waals surface area (Å²) < 4.78 is 131. The topological polar surface area (TPSA) is 60.7 Å². The molecule has 0 radical (unpaired) electrons. The minimum atomic E-state index is -5.10. The summed E-state index contributed by atoms with van der Waals surface area (Å²) >= 11 is 0. The van der Waals surface area contributed by atoms with Crippen molar-refractivity contribution in [2.24, 2.45) is 0 Å². The number of carboxylic acids is 1. The van der Waals surface area contributed by atoms with E-state index in [4.69, 9.17) is 9.47 Å². The van der Waals surface area contributed by atoms with Crippen molar-refractivity contribution in [1.29, 1.82) is 0 Å². The molecule has 3 aromatic carbocycles. The molecule has 0 amide bonds. The molecule has 14 heteroatoms. The number of rotatable bonds is 7. The number of carbonyl (C=O) groups is 1. The minimum absolute atomic E-state index is 0.00456. The molecule has 1 N–H and O–H groups in total. The minimum Gasteiger partial charge on any atom is -0.493 e. The molecule has 0 fully saturated rings. The fourth-order valence-corrected chi connectivity index (χ4v) is 4.18. The second-order valence-electron chi connectivity index (χ2n) is 8.88. The summed E-state index contributed by atoms with van der Waals surface area (Å²) in [5, 5.41) is 9.89. The first-order chi connectivity index (χ1) is 19.0. The molecule has 1 heterocycles. The number of aromatic nitrogens is 1. The Kier molecular flexibility index (Phi) is 7.63. The highest BCUT2D eigenvalue weighted by molar-refractivity contribution is 5.96.